The number of nitriles is 1. The molecule has 0 fully saturated rings. The van der Waals surface area contributed by atoms with Crippen LogP contribution < -0.4 is 4.74 Å². The summed E-state index contributed by atoms with van der Waals surface area (Å²) in [6.07, 6.45) is 1.60. The number of alkyl halides is 1. The van der Waals surface area contributed by atoms with E-state index in [1.165, 1.54) is 0 Å². The molecule has 0 N–H and O–H groups in total. The molecule has 0 radical (unpaired) electrons. The smallest absolute Gasteiger partial charge is 0.148 e. The molecule has 2 rings (SSSR count). The highest BCUT2D eigenvalue weighted by Gasteiger charge is 2.10. The summed E-state index contributed by atoms with van der Waals surface area (Å²) in [6, 6.07) is 9.66. The van der Waals surface area contributed by atoms with Crippen LogP contribution in [-0.4, -0.2) is 4.98 Å². The molecule has 0 unspecified atom stereocenters. The molecule has 6 heteroatoms. The topological polar surface area (TPSA) is 45.9 Å². The maximum absolute atomic E-state index is 9.00. The highest BCUT2D eigenvalue weighted by Crippen LogP contribution is 2.35. The Hall–Kier alpha value is -0.900. The molecule has 0 atom stereocenters. The monoisotopic (exact) mass is 458 g/mol. The van der Waals surface area contributed by atoms with Crippen molar-refractivity contribution in [2.75, 3.05) is 0 Å². The van der Waals surface area contributed by atoms with Crippen molar-refractivity contribution in [3.8, 4) is 11.8 Å². The van der Waals surface area contributed by atoms with E-state index in [2.05, 4.69) is 58.8 Å². The summed E-state index contributed by atoms with van der Waals surface area (Å²) in [6.45, 7) is 0.293. The fourth-order valence-electron chi connectivity index (χ4n) is 1.63. The third-order valence-electron chi connectivity index (χ3n) is 2.58. The minimum Gasteiger partial charge on any atom is -0.486 e. The zero-order chi connectivity index (χ0) is 14.5. The first-order valence-corrected chi connectivity index (χ1v) is 8.37. The van der Waals surface area contributed by atoms with Gasteiger partial charge in [0.05, 0.1) is 8.95 Å². The van der Waals surface area contributed by atoms with Gasteiger partial charge in [-0.15, -0.1) is 0 Å². The fraction of sp³-hybridized carbons (Fsp3) is 0.143. The van der Waals surface area contributed by atoms with Crippen molar-refractivity contribution in [1.82, 2.24) is 4.98 Å². The molecule has 2 aromatic rings. The van der Waals surface area contributed by atoms with E-state index in [0.717, 1.165) is 25.4 Å². The van der Waals surface area contributed by atoms with Gasteiger partial charge >= 0.3 is 0 Å². The lowest BCUT2D eigenvalue weighted by Crippen LogP contribution is -2.01. The van der Waals surface area contributed by atoms with Gasteiger partial charge in [-0.25, -0.2) is 4.98 Å². The number of ether oxygens (including phenoxy) is 1. The maximum atomic E-state index is 9.00. The van der Waals surface area contributed by atoms with Crippen LogP contribution in [0.25, 0.3) is 0 Å². The predicted octanol–water partition coefficient (Wildman–Crippen LogP) is 4.95. The van der Waals surface area contributed by atoms with E-state index in [-0.39, 0.29) is 0 Å². The summed E-state index contributed by atoms with van der Waals surface area (Å²) in [4.78, 5) is 4.01. The standard InChI is InChI=1S/C14H9Br3N2O/c15-6-9-4-11(16)14(12(17)5-9)20-8-10-2-1-3-19-13(10)7-18/h1-5H,6,8H2. The average molecular weight is 461 g/mol. The van der Waals surface area contributed by atoms with Crippen molar-refractivity contribution in [2.24, 2.45) is 0 Å². The Balaban J connectivity index is 2.22. The Bertz CT molecular complexity index is 645. The SMILES string of the molecule is N#Cc1ncccc1COc1c(Br)cc(CBr)cc1Br. The minimum atomic E-state index is 0.293. The number of hydrogen-bond acceptors (Lipinski definition) is 3. The molecule has 1 aromatic carbocycles. The van der Waals surface area contributed by atoms with E-state index in [1.807, 2.05) is 18.2 Å². The number of benzene rings is 1. The lowest BCUT2D eigenvalue weighted by molar-refractivity contribution is 0.301. The maximum Gasteiger partial charge on any atom is 0.148 e. The highest BCUT2D eigenvalue weighted by atomic mass is 79.9. The molecule has 3 nitrogen and oxygen atoms in total. The van der Waals surface area contributed by atoms with Crippen molar-refractivity contribution in [3.05, 3.63) is 56.2 Å². The molecular formula is C14H9Br3N2O. The Morgan fingerprint density at radius 3 is 2.55 bits per heavy atom. The first-order valence-electron chi connectivity index (χ1n) is 5.66. The molecule has 0 amide bonds. The number of halogens is 3. The van der Waals surface area contributed by atoms with Crippen LogP contribution in [0.1, 0.15) is 16.8 Å². The van der Waals surface area contributed by atoms with Gasteiger partial charge in [0.25, 0.3) is 0 Å². The third-order valence-corrected chi connectivity index (χ3v) is 4.41. The van der Waals surface area contributed by atoms with E-state index in [1.54, 1.807) is 12.3 Å². The second-order valence-corrected chi connectivity index (χ2v) is 6.20. The van der Waals surface area contributed by atoms with Gasteiger partial charge in [-0.2, -0.15) is 5.26 Å². The highest BCUT2D eigenvalue weighted by molar-refractivity contribution is 9.11. The summed E-state index contributed by atoms with van der Waals surface area (Å²) < 4.78 is 7.52. The second kappa shape index (κ2) is 7.21. The van der Waals surface area contributed by atoms with Crippen LogP contribution in [0.4, 0.5) is 0 Å². The van der Waals surface area contributed by atoms with Crippen molar-refractivity contribution in [2.45, 2.75) is 11.9 Å². The molecule has 1 heterocycles. The molecule has 1 aromatic heterocycles. The summed E-state index contributed by atoms with van der Waals surface area (Å²) in [5.74, 6) is 0.711. The summed E-state index contributed by atoms with van der Waals surface area (Å²) >= 11 is 10.4. The Labute approximate surface area is 142 Å². The zero-order valence-corrected chi connectivity index (χ0v) is 15.0. The van der Waals surface area contributed by atoms with E-state index in [4.69, 9.17) is 10.00 Å². The molecule has 0 saturated heterocycles. The number of hydrogen-bond donors (Lipinski definition) is 0. The van der Waals surface area contributed by atoms with Gasteiger partial charge in [0, 0.05) is 17.1 Å². The van der Waals surface area contributed by atoms with Crippen molar-refractivity contribution < 1.29 is 4.74 Å². The Morgan fingerprint density at radius 1 is 1.25 bits per heavy atom. The van der Waals surface area contributed by atoms with Crippen LogP contribution in [0.15, 0.2) is 39.4 Å². The normalized spacial score (nSPS) is 10.1. The lowest BCUT2D eigenvalue weighted by Gasteiger charge is -2.12. The molecular weight excluding hydrogens is 452 g/mol. The number of nitrogens with zero attached hydrogens (tertiary/aromatic N) is 2. The van der Waals surface area contributed by atoms with Gasteiger partial charge in [0.15, 0.2) is 0 Å². The van der Waals surface area contributed by atoms with E-state index >= 15 is 0 Å². The van der Waals surface area contributed by atoms with Gasteiger partial charge in [-0.3, -0.25) is 0 Å². The van der Waals surface area contributed by atoms with Gasteiger partial charge in [0.2, 0.25) is 0 Å². The third kappa shape index (κ3) is 3.60. The van der Waals surface area contributed by atoms with Gasteiger partial charge < -0.3 is 4.74 Å². The molecule has 0 aliphatic rings. The molecule has 0 saturated carbocycles. The molecule has 20 heavy (non-hydrogen) atoms. The first kappa shape index (κ1) is 15.5. The summed E-state index contributed by atoms with van der Waals surface area (Å²) in [7, 11) is 0. The van der Waals surface area contributed by atoms with Crippen LogP contribution in [0.2, 0.25) is 0 Å². The summed E-state index contributed by atoms with van der Waals surface area (Å²) in [5, 5.41) is 9.77. The van der Waals surface area contributed by atoms with E-state index in [0.29, 0.717) is 18.1 Å². The molecule has 0 aliphatic heterocycles. The van der Waals surface area contributed by atoms with Gasteiger partial charge in [-0.05, 0) is 55.6 Å². The first-order chi connectivity index (χ1) is 9.65. The molecule has 102 valence electrons. The van der Waals surface area contributed by atoms with Crippen LogP contribution in [0, 0.1) is 11.3 Å². The van der Waals surface area contributed by atoms with E-state index in [9.17, 15) is 0 Å². The quantitative estimate of drug-likeness (QED) is 0.606. The molecule has 0 bridgehead atoms. The van der Waals surface area contributed by atoms with E-state index < -0.39 is 0 Å². The lowest BCUT2D eigenvalue weighted by atomic mass is 10.2. The average Bonchev–Trinajstić information content (AvgIpc) is 2.46. The zero-order valence-electron chi connectivity index (χ0n) is 10.2. The summed E-state index contributed by atoms with van der Waals surface area (Å²) in [5.41, 5.74) is 2.28. The number of pyridine rings is 1. The number of aromatic nitrogens is 1. The van der Waals surface area contributed by atoms with Gasteiger partial charge in [-0.1, -0.05) is 22.0 Å². The minimum absolute atomic E-state index is 0.293. The van der Waals surface area contributed by atoms with Crippen LogP contribution in [-0.2, 0) is 11.9 Å². The largest absolute Gasteiger partial charge is 0.486 e. The van der Waals surface area contributed by atoms with Crippen molar-refractivity contribution in [1.29, 1.82) is 5.26 Å². The van der Waals surface area contributed by atoms with Gasteiger partial charge in [0.1, 0.15) is 24.1 Å². The predicted molar refractivity (Wildman–Crippen MR) is 87.8 cm³/mol. The van der Waals surface area contributed by atoms with Crippen molar-refractivity contribution in [3.63, 3.8) is 0 Å². The van der Waals surface area contributed by atoms with Crippen LogP contribution >= 0.6 is 47.8 Å². The van der Waals surface area contributed by atoms with Crippen LogP contribution in [0.3, 0.4) is 0 Å². The second-order valence-electron chi connectivity index (χ2n) is 3.93. The Kier molecular flexibility index (Phi) is 5.58. The molecule has 0 spiro atoms. The number of rotatable bonds is 4. The molecule has 0 aliphatic carbocycles. The van der Waals surface area contributed by atoms with Crippen molar-refractivity contribution >= 4 is 47.8 Å². The Morgan fingerprint density at radius 2 is 1.95 bits per heavy atom. The fourth-order valence-corrected chi connectivity index (χ4v) is 3.47. The van der Waals surface area contributed by atoms with Crippen LogP contribution in [0.5, 0.6) is 5.75 Å².